The average molecular weight is 281 g/mol. The second-order valence-electron chi connectivity index (χ2n) is 5.52. The summed E-state index contributed by atoms with van der Waals surface area (Å²) in [4.78, 5) is 2.62. The van der Waals surface area contributed by atoms with Crippen LogP contribution in [-0.2, 0) is 0 Å². The van der Waals surface area contributed by atoms with Gasteiger partial charge in [-0.25, -0.2) is 0 Å². The summed E-state index contributed by atoms with van der Waals surface area (Å²) < 4.78 is 0. The third kappa shape index (κ3) is 3.95. The van der Waals surface area contributed by atoms with Crippen LogP contribution in [0.4, 0.5) is 0 Å². The quantitative estimate of drug-likeness (QED) is 0.884. The summed E-state index contributed by atoms with van der Waals surface area (Å²) in [7, 11) is 2.05. The average Bonchev–Trinajstić information content (AvgIpc) is 2.42. The van der Waals surface area contributed by atoms with E-state index in [2.05, 4.69) is 35.3 Å². The van der Waals surface area contributed by atoms with Crippen LogP contribution in [0.5, 0.6) is 0 Å². The second-order valence-corrected chi connectivity index (χ2v) is 5.95. The van der Waals surface area contributed by atoms with E-state index < -0.39 is 0 Å². The van der Waals surface area contributed by atoms with E-state index in [0.29, 0.717) is 6.04 Å². The monoisotopic (exact) mass is 280 g/mol. The maximum absolute atomic E-state index is 6.12. The standard InChI is InChI=1S/C16H25ClN2/c1-3-16(14-5-4-6-15(17)11-14)19-9-7-13(8-10-19)12-18-2/h4-6,11,13,16,18H,3,7-10,12H2,1-2H3. The normalized spacial score (nSPS) is 19.5. The molecule has 1 aliphatic heterocycles. The van der Waals surface area contributed by atoms with Gasteiger partial charge in [-0.1, -0.05) is 30.7 Å². The Bertz CT molecular complexity index is 386. The van der Waals surface area contributed by atoms with Crippen molar-refractivity contribution in [3.8, 4) is 0 Å². The van der Waals surface area contributed by atoms with Gasteiger partial charge in [0.25, 0.3) is 0 Å². The molecule has 1 N–H and O–H groups in total. The molecular formula is C16H25ClN2. The first-order valence-electron chi connectivity index (χ1n) is 7.38. The fourth-order valence-electron chi connectivity index (χ4n) is 3.18. The Hall–Kier alpha value is -0.570. The van der Waals surface area contributed by atoms with E-state index in [1.54, 1.807) is 0 Å². The van der Waals surface area contributed by atoms with Gasteiger partial charge in [-0.3, -0.25) is 4.90 Å². The molecule has 19 heavy (non-hydrogen) atoms. The number of nitrogens with zero attached hydrogens (tertiary/aromatic N) is 1. The Kier molecular flexibility index (Phi) is 5.68. The van der Waals surface area contributed by atoms with Gasteiger partial charge in [0.15, 0.2) is 0 Å². The highest BCUT2D eigenvalue weighted by atomic mass is 35.5. The molecule has 0 spiro atoms. The highest BCUT2D eigenvalue weighted by Crippen LogP contribution is 2.30. The molecule has 0 aromatic heterocycles. The molecule has 1 fully saturated rings. The lowest BCUT2D eigenvalue weighted by Crippen LogP contribution is -2.38. The SMILES string of the molecule is CCC(c1cccc(Cl)c1)N1CCC(CNC)CC1. The molecule has 0 amide bonds. The molecule has 1 aromatic carbocycles. The molecule has 1 saturated heterocycles. The van der Waals surface area contributed by atoms with Crippen LogP contribution in [0.15, 0.2) is 24.3 Å². The van der Waals surface area contributed by atoms with E-state index in [-0.39, 0.29) is 0 Å². The van der Waals surface area contributed by atoms with Crippen molar-refractivity contribution >= 4 is 11.6 Å². The molecule has 0 radical (unpaired) electrons. The summed E-state index contributed by atoms with van der Waals surface area (Å²) in [6.07, 6.45) is 3.76. The van der Waals surface area contributed by atoms with Gasteiger partial charge in [-0.05, 0) is 69.6 Å². The molecule has 2 rings (SSSR count). The molecule has 3 heteroatoms. The van der Waals surface area contributed by atoms with Gasteiger partial charge in [0.05, 0.1) is 0 Å². The van der Waals surface area contributed by atoms with E-state index in [9.17, 15) is 0 Å². The minimum atomic E-state index is 0.522. The predicted octanol–water partition coefficient (Wildman–Crippen LogP) is 3.72. The topological polar surface area (TPSA) is 15.3 Å². The van der Waals surface area contributed by atoms with Gasteiger partial charge in [0, 0.05) is 11.1 Å². The van der Waals surface area contributed by atoms with Crippen LogP contribution in [-0.4, -0.2) is 31.6 Å². The van der Waals surface area contributed by atoms with Gasteiger partial charge in [-0.2, -0.15) is 0 Å². The molecule has 1 aliphatic rings. The Balaban J connectivity index is 1.99. The van der Waals surface area contributed by atoms with Crippen molar-refractivity contribution in [1.82, 2.24) is 10.2 Å². The smallest absolute Gasteiger partial charge is 0.0409 e. The Morgan fingerprint density at radius 3 is 2.68 bits per heavy atom. The van der Waals surface area contributed by atoms with Crippen molar-refractivity contribution in [1.29, 1.82) is 0 Å². The lowest BCUT2D eigenvalue weighted by Gasteiger charge is -2.37. The highest BCUT2D eigenvalue weighted by molar-refractivity contribution is 6.30. The molecule has 0 saturated carbocycles. The number of hydrogen-bond acceptors (Lipinski definition) is 2. The molecule has 1 heterocycles. The van der Waals surface area contributed by atoms with Gasteiger partial charge < -0.3 is 5.32 Å². The minimum absolute atomic E-state index is 0.522. The molecule has 0 aliphatic carbocycles. The van der Waals surface area contributed by atoms with Crippen LogP contribution in [0.25, 0.3) is 0 Å². The molecular weight excluding hydrogens is 256 g/mol. The molecule has 106 valence electrons. The highest BCUT2D eigenvalue weighted by Gasteiger charge is 2.24. The number of nitrogens with one attached hydrogen (secondary N) is 1. The number of hydrogen-bond donors (Lipinski definition) is 1. The Morgan fingerprint density at radius 1 is 1.37 bits per heavy atom. The van der Waals surface area contributed by atoms with Crippen molar-refractivity contribution in [2.75, 3.05) is 26.7 Å². The maximum Gasteiger partial charge on any atom is 0.0409 e. The van der Waals surface area contributed by atoms with Gasteiger partial charge in [-0.15, -0.1) is 0 Å². The summed E-state index contributed by atoms with van der Waals surface area (Å²) in [5.41, 5.74) is 1.36. The number of halogens is 1. The zero-order valence-electron chi connectivity index (χ0n) is 12.0. The van der Waals surface area contributed by atoms with Crippen LogP contribution in [0.2, 0.25) is 5.02 Å². The number of likely N-dealkylation sites (tertiary alicyclic amines) is 1. The Labute approximate surface area is 122 Å². The third-order valence-corrected chi connectivity index (χ3v) is 4.44. The zero-order chi connectivity index (χ0) is 13.7. The minimum Gasteiger partial charge on any atom is -0.319 e. The lowest BCUT2D eigenvalue weighted by atomic mass is 9.93. The summed E-state index contributed by atoms with van der Waals surface area (Å²) in [6, 6.07) is 8.87. The van der Waals surface area contributed by atoms with Crippen molar-refractivity contribution < 1.29 is 0 Å². The summed E-state index contributed by atoms with van der Waals surface area (Å²) in [6.45, 7) is 5.84. The van der Waals surface area contributed by atoms with Crippen LogP contribution in [0, 0.1) is 5.92 Å². The molecule has 0 bridgehead atoms. The van der Waals surface area contributed by atoms with E-state index in [0.717, 1.165) is 23.9 Å². The fourth-order valence-corrected chi connectivity index (χ4v) is 3.37. The largest absolute Gasteiger partial charge is 0.319 e. The van der Waals surface area contributed by atoms with Gasteiger partial charge >= 0.3 is 0 Å². The number of piperidine rings is 1. The molecule has 1 atom stereocenters. The van der Waals surface area contributed by atoms with Crippen LogP contribution >= 0.6 is 11.6 Å². The van der Waals surface area contributed by atoms with Gasteiger partial charge in [0.1, 0.15) is 0 Å². The molecule has 1 aromatic rings. The first-order valence-corrected chi connectivity index (χ1v) is 7.76. The van der Waals surface area contributed by atoms with E-state index in [4.69, 9.17) is 11.6 Å². The lowest BCUT2D eigenvalue weighted by molar-refractivity contribution is 0.129. The maximum atomic E-state index is 6.12. The first-order chi connectivity index (χ1) is 9.24. The summed E-state index contributed by atoms with van der Waals surface area (Å²) in [5.74, 6) is 0.845. The second kappa shape index (κ2) is 7.28. The number of benzene rings is 1. The van der Waals surface area contributed by atoms with Crippen molar-refractivity contribution in [2.24, 2.45) is 5.92 Å². The summed E-state index contributed by atoms with van der Waals surface area (Å²) in [5, 5.41) is 4.15. The first kappa shape index (κ1) is 14.8. The Morgan fingerprint density at radius 2 is 2.11 bits per heavy atom. The van der Waals surface area contributed by atoms with E-state index in [1.807, 2.05) is 13.1 Å². The van der Waals surface area contributed by atoms with E-state index in [1.165, 1.54) is 31.5 Å². The molecule has 1 unspecified atom stereocenters. The summed E-state index contributed by atoms with van der Waals surface area (Å²) >= 11 is 6.12. The molecule has 2 nitrogen and oxygen atoms in total. The van der Waals surface area contributed by atoms with Gasteiger partial charge in [0.2, 0.25) is 0 Å². The predicted molar refractivity (Wildman–Crippen MR) is 82.7 cm³/mol. The van der Waals surface area contributed by atoms with Crippen LogP contribution < -0.4 is 5.32 Å². The van der Waals surface area contributed by atoms with Crippen LogP contribution in [0.3, 0.4) is 0 Å². The van der Waals surface area contributed by atoms with E-state index >= 15 is 0 Å². The number of rotatable bonds is 5. The third-order valence-electron chi connectivity index (χ3n) is 4.20. The van der Waals surface area contributed by atoms with Crippen molar-refractivity contribution in [3.05, 3.63) is 34.9 Å². The zero-order valence-corrected chi connectivity index (χ0v) is 12.8. The van der Waals surface area contributed by atoms with Crippen molar-refractivity contribution in [3.63, 3.8) is 0 Å². The van der Waals surface area contributed by atoms with Crippen molar-refractivity contribution in [2.45, 2.75) is 32.2 Å². The fraction of sp³-hybridized carbons (Fsp3) is 0.625. The van der Waals surface area contributed by atoms with Crippen LogP contribution in [0.1, 0.15) is 37.8 Å².